The molecule has 0 spiro atoms. The van der Waals surface area contributed by atoms with Crippen molar-refractivity contribution in [1.29, 1.82) is 0 Å². The summed E-state index contributed by atoms with van der Waals surface area (Å²) in [4.78, 5) is 42.7. The number of nitrogen functional groups attached to an aromatic ring is 1. The molecule has 0 aliphatic heterocycles. The third-order valence-corrected chi connectivity index (χ3v) is 8.40. The number of carbonyl (C=O) groups excluding carboxylic acids is 1. The molecule has 3 aromatic carbocycles. The summed E-state index contributed by atoms with van der Waals surface area (Å²) in [6, 6.07) is 20.9. The number of hydrogen-bond donors (Lipinski definition) is 2. The average Bonchev–Trinajstić information content (AvgIpc) is 3.00. The molecule has 1 aromatic heterocycles. The molecule has 1 amide bonds. The predicted octanol–water partition coefficient (Wildman–Crippen LogP) is 2.45. The van der Waals surface area contributed by atoms with Gasteiger partial charge in [-0.15, -0.1) is 0 Å². The van der Waals surface area contributed by atoms with Crippen molar-refractivity contribution in [2.45, 2.75) is 18.0 Å². The second-order valence-electron chi connectivity index (χ2n) is 9.18. The molecule has 0 saturated heterocycles. The quantitative estimate of drug-likeness (QED) is 0.269. The molecule has 3 N–H and O–H groups in total. The number of hydrogen-bond acceptors (Lipinski definition) is 8. The Morgan fingerprint density at radius 3 is 2.24 bits per heavy atom. The topological polar surface area (TPSA) is 157 Å². The van der Waals surface area contributed by atoms with Gasteiger partial charge in [0.2, 0.25) is 0 Å². The molecule has 1 heterocycles. The van der Waals surface area contributed by atoms with Crippen LogP contribution in [0.4, 0.5) is 17.2 Å². The van der Waals surface area contributed by atoms with Crippen molar-refractivity contribution < 1.29 is 22.7 Å². The lowest BCUT2D eigenvalue weighted by molar-refractivity contribution is 0.0984. The molecule has 4 rings (SSSR count). The van der Waals surface area contributed by atoms with E-state index in [-0.39, 0.29) is 41.7 Å². The van der Waals surface area contributed by atoms with Crippen LogP contribution in [0.15, 0.2) is 93.3 Å². The summed E-state index contributed by atoms with van der Waals surface area (Å²) >= 11 is 0. The molecule has 220 valence electrons. The molecule has 4 aromatic rings. The first-order chi connectivity index (χ1) is 20.1. The first kappa shape index (κ1) is 30.1. The van der Waals surface area contributed by atoms with E-state index in [4.69, 9.17) is 15.2 Å². The molecule has 0 unspecified atom stereocenters. The summed E-state index contributed by atoms with van der Waals surface area (Å²) in [5.74, 6) is -0.459. The minimum Gasteiger partial charge on any atom is -0.495 e. The zero-order valence-electron chi connectivity index (χ0n) is 23.3. The van der Waals surface area contributed by atoms with Gasteiger partial charge in [-0.25, -0.2) is 13.2 Å². The molecule has 13 heteroatoms. The molecule has 0 saturated carbocycles. The summed E-state index contributed by atoms with van der Waals surface area (Å²) in [6.45, 7) is 0.137. The number of carbonyl (C=O) groups is 1. The van der Waals surface area contributed by atoms with Crippen LogP contribution in [0, 0.1) is 0 Å². The van der Waals surface area contributed by atoms with Gasteiger partial charge >= 0.3 is 5.69 Å². The van der Waals surface area contributed by atoms with Gasteiger partial charge < -0.3 is 15.2 Å². The Kier molecular flexibility index (Phi) is 9.13. The van der Waals surface area contributed by atoms with Crippen LogP contribution in [-0.4, -0.2) is 51.8 Å². The molecule has 12 nitrogen and oxygen atoms in total. The average molecular weight is 594 g/mol. The lowest BCUT2D eigenvalue weighted by atomic mass is 10.1. The van der Waals surface area contributed by atoms with Crippen LogP contribution in [-0.2, 0) is 27.8 Å². The van der Waals surface area contributed by atoms with Crippen LogP contribution in [0.5, 0.6) is 5.75 Å². The Bertz CT molecular complexity index is 1790. The molecule has 0 radical (unpaired) electrons. The molecule has 0 atom stereocenters. The standard InChI is InChI=1S/C29H31N5O7S/c1-32(23-11-7-8-12-24(23)41-3)42(38,39)22-15-13-21(14-16-22)28(36)34(19-20-9-5-4-6-10-20)25-26(30)33(17-18-40-2)29(37)31-27(25)35/h4-16H,17-19,30H2,1-3H3,(H,31,35,37). The van der Waals surface area contributed by atoms with Gasteiger partial charge in [0.05, 0.1) is 37.4 Å². The molecule has 0 aliphatic rings. The highest BCUT2D eigenvalue weighted by atomic mass is 32.2. The SMILES string of the molecule is COCCn1c(N)c(N(Cc2ccccc2)C(=O)c2ccc(S(=O)(=O)N(C)c3ccccc3OC)cc2)c(=O)[nH]c1=O. The fourth-order valence-electron chi connectivity index (χ4n) is 4.36. The van der Waals surface area contributed by atoms with E-state index in [1.54, 1.807) is 48.5 Å². The van der Waals surface area contributed by atoms with Gasteiger partial charge in [-0.2, -0.15) is 0 Å². The number of H-pyrrole nitrogens is 1. The maximum Gasteiger partial charge on any atom is 0.330 e. The summed E-state index contributed by atoms with van der Waals surface area (Å²) in [5.41, 5.74) is 5.62. The Morgan fingerprint density at radius 2 is 1.60 bits per heavy atom. The Labute approximate surface area is 242 Å². The van der Waals surface area contributed by atoms with Crippen LogP contribution in [0.1, 0.15) is 15.9 Å². The zero-order valence-corrected chi connectivity index (χ0v) is 24.1. The van der Waals surface area contributed by atoms with Gasteiger partial charge in [-0.3, -0.25) is 28.3 Å². The molecular formula is C29H31N5O7S. The number of aromatic nitrogens is 2. The van der Waals surface area contributed by atoms with Crippen molar-refractivity contribution >= 4 is 33.1 Å². The number of rotatable bonds is 11. The summed E-state index contributed by atoms with van der Waals surface area (Å²) in [6.07, 6.45) is 0. The van der Waals surface area contributed by atoms with Crippen molar-refractivity contribution in [3.05, 3.63) is 111 Å². The minimum atomic E-state index is -4.02. The van der Waals surface area contributed by atoms with Gasteiger partial charge in [-0.1, -0.05) is 42.5 Å². The van der Waals surface area contributed by atoms with Gasteiger partial charge in [0, 0.05) is 19.7 Å². The third-order valence-electron chi connectivity index (χ3n) is 6.62. The van der Waals surface area contributed by atoms with Crippen LogP contribution in [0.25, 0.3) is 0 Å². The number of sulfonamides is 1. The van der Waals surface area contributed by atoms with Crippen LogP contribution >= 0.6 is 0 Å². The summed E-state index contributed by atoms with van der Waals surface area (Å²) in [7, 11) is 0.289. The normalized spacial score (nSPS) is 11.2. The number of ether oxygens (including phenoxy) is 2. The maximum absolute atomic E-state index is 13.9. The Balaban J connectivity index is 1.74. The zero-order chi connectivity index (χ0) is 30.4. The highest BCUT2D eigenvalue weighted by Gasteiger charge is 2.28. The number of para-hydroxylation sites is 2. The first-order valence-corrected chi connectivity index (χ1v) is 14.2. The Hall–Kier alpha value is -4.88. The lowest BCUT2D eigenvalue weighted by Gasteiger charge is -2.25. The number of anilines is 3. The fraction of sp³-hybridized carbons (Fsp3) is 0.207. The van der Waals surface area contributed by atoms with Crippen LogP contribution < -0.4 is 30.9 Å². The summed E-state index contributed by atoms with van der Waals surface area (Å²) in [5, 5.41) is 0. The monoisotopic (exact) mass is 593 g/mol. The third kappa shape index (κ3) is 6.06. The summed E-state index contributed by atoms with van der Waals surface area (Å²) < 4.78 is 39.3. The van der Waals surface area contributed by atoms with Gasteiger partial charge in [0.25, 0.3) is 21.5 Å². The number of aromatic amines is 1. The lowest BCUT2D eigenvalue weighted by Crippen LogP contribution is -2.41. The van der Waals surface area contributed by atoms with Crippen molar-refractivity contribution in [3.8, 4) is 5.75 Å². The van der Waals surface area contributed by atoms with E-state index in [2.05, 4.69) is 4.98 Å². The highest BCUT2D eigenvalue weighted by molar-refractivity contribution is 7.92. The number of nitrogens with two attached hydrogens (primary N) is 1. The number of nitrogens with zero attached hydrogens (tertiary/aromatic N) is 3. The number of benzene rings is 3. The van der Waals surface area contributed by atoms with Crippen molar-refractivity contribution in [2.24, 2.45) is 0 Å². The van der Waals surface area contributed by atoms with Gasteiger partial charge in [0.1, 0.15) is 11.6 Å². The molecule has 0 fully saturated rings. The van der Waals surface area contributed by atoms with Gasteiger partial charge in [-0.05, 0) is 42.0 Å². The van der Waals surface area contributed by atoms with E-state index < -0.39 is 27.2 Å². The molecule has 0 bridgehead atoms. The maximum atomic E-state index is 13.9. The molecular weight excluding hydrogens is 562 g/mol. The van der Waals surface area contributed by atoms with E-state index in [0.717, 1.165) is 13.8 Å². The minimum absolute atomic E-state index is 0.0462. The van der Waals surface area contributed by atoms with E-state index in [9.17, 15) is 22.8 Å². The molecule has 0 aliphatic carbocycles. The first-order valence-electron chi connectivity index (χ1n) is 12.8. The van der Waals surface area contributed by atoms with Crippen molar-refractivity contribution in [1.82, 2.24) is 9.55 Å². The van der Waals surface area contributed by atoms with Crippen LogP contribution in [0.2, 0.25) is 0 Å². The number of nitrogens with one attached hydrogen (secondary N) is 1. The predicted molar refractivity (Wildman–Crippen MR) is 160 cm³/mol. The number of methoxy groups -OCH3 is 2. The molecule has 42 heavy (non-hydrogen) atoms. The van der Waals surface area contributed by atoms with E-state index >= 15 is 0 Å². The Morgan fingerprint density at radius 1 is 0.952 bits per heavy atom. The van der Waals surface area contributed by atoms with E-state index in [1.165, 1.54) is 45.5 Å². The smallest absolute Gasteiger partial charge is 0.330 e. The second kappa shape index (κ2) is 12.7. The van der Waals surface area contributed by atoms with Gasteiger partial charge in [0.15, 0.2) is 5.69 Å². The van der Waals surface area contributed by atoms with Crippen molar-refractivity contribution in [3.63, 3.8) is 0 Å². The highest BCUT2D eigenvalue weighted by Crippen LogP contribution is 2.31. The largest absolute Gasteiger partial charge is 0.495 e. The number of amides is 1. The van der Waals surface area contributed by atoms with Crippen LogP contribution in [0.3, 0.4) is 0 Å². The fourth-order valence-corrected chi connectivity index (χ4v) is 5.57. The van der Waals surface area contributed by atoms with Crippen molar-refractivity contribution in [2.75, 3.05) is 42.8 Å². The second-order valence-corrected chi connectivity index (χ2v) is 11.2. The van der Waals surface area contributed by atoms with E-state index in [0.29, 0.717) is 17.0 Å². The van der Waals surface area contributed by atoms with E-state index in [1.807, 2.05) is 6.07 Å².